The number of pyridine rings is 1. The molecule has 1 N–H and O–H groups in total. The van der Waals surface area contributed by atoms with E-state index in [1.165, 1.54) is 5.52 Å². The molecule has 148 valence electrons. The van der Waals surface area contributed by atoms with Crippen molar-refractivity contribution in [2.75, 3.05) is 20.1 Å². The molecular formula is C21H28N6O. The van der Waals surface area contributed by atoms with Crippen LogP contribution in [-0.2, 0) is 6.54 Å². The van der Waals surface area contributed by atoms with Crippen molar-refractivity contribution in [3.63, 3.8) is 0 Å². The van der Waals surface area contributed by atoms with Crippen LogP contribution in [0.1, 0.15) is 60.7 Å². The second kappa shape index (κ2) is 7.75. The first-order valence-corrected chi connectivity index (χ1v) is 10.0. The first-order valence-electron chi connectivity index (χ1n) is 10.0. The Kier molecular flexibility index (Phi) is 5.17. The molecule has 28 heavy (non-hydrogen) atoms. The van der Waals surface area contributed by atoms with Gasteiger partial charge in [0.25, 0.3) is 5.91 Å². The number of fused-ring (bicyclic) bond motifs is 1. The Morgan fingerprint density at radius 2 is 2.14 bits per heavy atom. The van der Waals surface area contributed by atoms with Gasteiger partial charge in [0.05, 0.1) is 17.3 Å². The summed E-state index contributed by atoms with van der Waals surface area (Å²) in [4.78, 5) is 19.2. The molecule has 1 aliphatic rings. The van der Waals surface area contributed by atoms with Crippen molar-refractivity contribution in [1.82, 2.24) is 29.4 Å². The lowest BCUT2D eigenvalue weighted by atomic mass is 10.1. The Morgan fingerprint density at radius 1 is 1.29 bits per heavy atom. The highest BCUT2D eigenvalue weighted by Crippen LogP contribution is 2.25. The van der Waals surface area contributed by atoms with E-state index in [9.17, 15) is 4.79 Å². The molecule has 1 saturated heterocycles. The van der Waals surface area contributed by atoms with Crippen molar-refractivity contribution in [3.8, 4) is 0 Å². The van der Waals surface area contributed by atoms with Gasteiger partial charge in [-0.25, -0.2) is 4.98 Å². The van der Waals surface area contributed by atoms with E-state index in [1.807, 2.05) is 10.9 Å². The van der Waals surface area contributed by atoms with Crippen LogP contribution in [0, 0.1) is 0 Å². The number of amides is 1. The maximum atomic E-state index is 11.8. The molecule has 1 aliphatic heterocycles. The second-order valence-electron chi connectivity index (χ2n) is 7.82. The lowest BCUT2D eigenvalue weighted by Crippen LogP contribution is -2.36. The van der Waals surface area contributed by atoms with Gasteiger partial charge in [0.2, 0.25) is 0 Å². The second-order valence-corrected chi connectivity index (χ2v) is 7.82. The number of hydrogen-bond donors (Lipinski definition) is 1. The van der Waals surface area contributed by atoms with Crippen molar-refractivity contribution in [2.45, 2.75) is 45.2 Å². The number of hydrogen-bond acceptors (Lipinski definition) is 4. The SMILES string of the molecule is CNC(=O)c1ccn([C@@H]2CCCN(Cc3nc(C(C)C)n4ccccc34)C2)n1. The van der Waals surface area contributed by atoms with E-state index in [0.29, 0.717) is 11.6 Å². The molecule has 1 amide bonds. The summed E-state index contributed by atoms with van der Waals surface area (Å²) < 4.78 is 4.16. The minimum atomic E-state index is -0.142. The smallest absolute Gasteiger partial charge is 0.271 e. The molecule has 0 aromatic carbocycles. The number of carbonyl (C=O) groups excluding carboxylic acids is 1. The van der Waals surface area contributed by atoms with Gasteiger partial charge >= 0.3 is 0 Å². The van der Waals surface area contributed by atoms with Gasteiger partial charge in [-0.05, 0) is 37.6 Å². The maximum Gasteiger partial charge on any atom is 0.271 e. The monoisotopic (exact) mass is 380 g/mol. The summed E-state index contributed by atoms with van der Waals surface area (Å²) in [7, 11) is 1.63. The molecule has 0 radical (unpaired) electrons. The van der Waals surface area contributed by atoms with Crippen LogP contribution in [0.25, 0.3) is 5.52 Å². The number of piperidine rings is 1. The molecule has 4 heterocycles. The molecule has 0 saturated carbocycles. The highest BCUT2D eigenvalue weighted by Gasteiger charge is 2.24. The zero-order chi connectivity index (χ0) is 19.7. The molecule has 1 atom stereocenters. The van der Waals surface area contributed by atoms with E-state index in [-0.39, 0.29) is 11.9 Å². The van der Waals surface area contributed by atoms with Gasteiger partial charge < -0.3 is 9.72 Å². The maximum absolute atomic E-state index is 11.8. The predicted molar refractivity (Wildman–Crippen MR) is 108 cm³/mol. The third kappa shape index (κ3) is 3.54. The van der Waals surface area contributed by atoms with Crippen molar-refractivity contribution < 1.29 is 4.79 Å². The van der Waals surface area contributed by atoms with Crippen LogP contribution in [0.3, 0.4) is 0 Å². The summed E-state index contributed by atoms with van der Waals surface area (Å²) >= 11 is 0. The summed E-state index contributed by atoms with van der Waals surface area (Å²) in [5.74, 6) is 1.35. The Hall–Kier alpha value is -2.67. The molecule has 0 bridgehead atoms. The van der Waals surface area contributed by atoms with Gasteiger partial charge in [-0.15, -0.1) is 0 Å². The molecule has 3 aromatic heterocycles. The van der Waals surface area contributed by atoms with Crippen molar-refractivity contribution in [1.29, 1.82) is 0 Å². The number of likely N-dealkylation sites (tertiary alicyclic amines) is 1. The zero-order valence-electron chi connectivity index (χ0n) is 16.8. The van der Waals surface area contributed by atoms with E-state index in [1.54, 1.807) is 13.1 Å². The van der Waals surface area contributed by atoms with Crippen LogP contribution in [-0.4, -0.2) is 50.1 Å². The van der Waals surface area contributed by atoms with Gasteiger partial charge in [-0.1, -0.05) is 19.9 Å². The molecule has 0 spiro atoms. The molecule has 3 aromatic rings. The number of nitrogens with one attached hydrogen (secondary N) is 1. The number of nitrogens with zero attached hydrogens (tertiary/aromatic N) is 5. The summed E-state index contributed by atoms with van der Waals surface area (Å²) in [6.45, 7) is 7.18. The normalized spacial score (nSPS) is 18.1. The van der Waals surface area contributed by atoms with Gasteiger partial charge in [0.1, 0.15) is 11.5 Å². The molecular weight excluding hydrogens is 352 g/mol. The summed E-state index contributed by atoms with van der Waals surface area (Å²) in [5.41, 5.74) is 2.80. The van der Waals surface area contributed by atoms with Crippen LogP contribution >= 0.6 is 0 Å². The fourth-order valence-electron chi connectivity index (χ4n) is 4.04. The van der Waals surface area contributed by atoms with Gasteiger partial charge in [-0.2, -0.15) is 5.10 Å². The van der Waals surface area contributed by atoms with Gasteiger partial charge in [0, 0.05) is 38.4 Å². The van der Waals surface area contributed by atoms with E-state index in [0.717, 1.165) is 44.0 Å². The highest BCUT2D eigenvalue weighted by atomic mass is 16.1. The number of carbonyl (C=O) groups is 1. The Bertz CT molecular complexity index is 972. The number of imidazole rings is 1. The summed E-state index contributed by atoms with van der Waals surface area (Å²) in [6, 6.07) is 8.36. The predicted octanol–water partition coefficient (Wildman–Crippen LogP) is 2.85. The van der Waals surface area contributed by atoms with Gasteiger partial charge in [-0.3, -0.25) is 14.4 Å². The average molecular weight is 380 g/mol. The van der Waals surface area contributed by atoms with Crippen molar-refractivity contribution >= 4 is 11.4 Å². The third-order valence-corrected chi connectivity index (χ3v) is 5.46. The first-order chi connectivity index (χ1) is 13.6. The molecule has 1 fully saturated rings. The van der Waals surface area contributed by atoms with Crippen LogP contribution in [0.15, 0.2) is 36.7 Å². The Balaban J connectivity index is 1.52. The topological polar surface area (TPSA) is 67.5 Å². The fourth-order valence-corrected chi connectivity index (χ4v) is 4.04. The fraction of sp³-hybridized carbons (Fsp3) is 0.476. The molecule has 7 nitrogen and oxygen atoms in total. The molecule has 7 heteroatoms. The summed E-state index contributed by atoms with van der Waals surface area (Å²) in [6.07, 6.45) is 6.21. The van der Waals surface area contributed by atoms with Crippen LogP contribution in [0.2, 0.25) is 0 Å². The van der Waals surface area contributed by atoms with Crippen LogP contribution in [0.4, 0.5) is 0 Å². The minimum absolute atomic E-state index is 0.142. The minimum Gasteiger partial charge on any atom is -0.354 e. The number of aromatic nitrogens is 4. The van der Waals surface area contributed by atoms with Crippen LogP contribution < -0.4 is 5.32 Å². The third-order valence-electron chi connectivity index (χ3n) is 5.46. The Labute approximate surface area is 165 Å². The van der Waals surface area contributed by atoms with E-state index >= 15 is 0 Å². The molecule has 4 rings (SSSR count). The average Bonchev–Trinajstić information content (AvgIpc) is 3.34. The highest BCUT2D eigenvalue weighted by molar-refractivity contribution is 5.91. The van der Waals surface area contributed by atoms with E-state index in [4.69, 9.17) is 4.98 Å². The number of rotatable bonds is 5. The lowest BCUT2D eigenvalue weighted by Gasteiger charge is -2.32. The standard InChI is InChI=1S/C21H28N6O/c1-15(2)20-23-18(19-8-4-5-11-26(19)20)14-25-10-6-7-16(13-25)27-12-9-17(24-27)21(28)22-3/h4-5,8-9,11-12,15-16H,6-7,10,13-14H2,1-3H3,(H,22,28)/t16-/m1/s1. The largest absolute Gasteiger partial charge is 0.354 e. The zero-order valence-corrected chi connectivity index (χ0v) is 16.8. The first kappa shape index (κ1) is 18.7. The quantitative estimate of drug-likeness (QED) is 0.739. The van der Waals surface area contributed by atoms with E-state index in [2.05, 4.69) is 58.0 Å². The van der Waals surface area contributed by atoms with Crippen LogP contribution in [0.5, 0.6) is 0 Å². The summed E-state index contributed by atoms with van der Waals surface area (Å²) in [5, 5.41) is 7.11. The molecule has 0 unspecified atom stereocenters. The van der Waals surface area contributed by atoms with Gasteiger partial charge in [0.15, 0.2) is 0 Å². The lowest BCUT2D eigenvalue weighted by molar-refractivity contribution is 0.0955. The Morgan fingerprint density at radius 3 is 2.93 bits per heavy atom. The molecule has 0 aliphatic carbocycles. The van der Waals surface area contributed by atoms with Crippen molar-refractivity contribution in [3.05, 3.63) is 53.9 Å². The van der Waals surface area contributed by atoms with Crippen molar-refractivity contribution in [2.24, 2.45) is 0 Å². The van der Waals surface area contributed by atoms with E-state index < -0.39 is 0 Å².